The van der Waals surface area contributed by atoms with E-state index in [2.05, 4.69) is 5.32 Å². The fraction of sp³-hybridized carbons (Fsp3) is 0.394. The van der Waals surface area contributed by atoms with Gasteiger partial charge in [-0.15, -0.1) is 0 Å². The molecule has 10 nitrogen and oxygen atoms in total. The number of anilines is 1. The molecular weight excluding hydrogens is 550 g/mol. The first kappa shape index (κ1) is 31.3. The molecule has 0 aromatic heterocycles. The number of hydrogen-bond donors (Lipinski definition) is 1. The van der Waals surface area contributed by atoms with E-state index in [9.17, 15) is 19.2 Å². The summed E-state index contributed by atoms with van der Waals surface area (Å²) in [5, 5.41) is 4.49. The molecule has 0 bridgehead atoms. The fourth-order valence-electron chi connectivity index (χ4n) is 5.10. The van der Waals surface area contributed by atoms with E-state index in [1.807, 2.05) is 36.4 Å². The second-order valence-corrected chi connectivity index (χ2v) is 11.6. The topological polar surface area (TPSA) is 114 Å². The number of aryl methyl sites for hydroxylation is 1. The van der Waals surface area contributed by atoms with Gasteiger partial charge in [0.2, 0.25) is 11.8 Å². The summed E-state index contributed by atoms with van der Waals surface area (Å²) in [6.45, 7) is 7.01. The minimum Gasteiger partial charge on any atom is -0.496 e. The summed E-state index contributed by atoms with van der Waals surface area (Å²) in [7, 11) is 4.39. The quantitative estimate of drug-likeness (QED) is 0.392. The molecule has 3 amide bonds. The number of rotatable bonds is 7. The number of nitrogens with zero attached hydrogens (tertiary/aromatic N) is 2. The summed E-state index contributed by atoms with van der Waals surface area (Å²) < 4.78 is 16.0. The van der Waals surface area contributed by atoms with Crippen LogP contribution in [0.5, 0.6) is 5.75 Å². The van der Waals surface area contributed by atoms with E-state index in [4.69, 9.17) is 14.2 Å². The van der Waals surface area contributed by atoms with Crippen molar-refractivity contribution in [2.24, 2.45) is 0 Å². The van der Waals surface area contributed by atoms with Crippen LogP contribution in [0.1, 0.15) is 55.6 Å². The fourth-order valence-corrected chi connectivity index (χ4v) is 5.10. The third kappa shape index (κ3) is 6.90. The molecule has 0 saturated carbocycles. The third-order valence-electron chi connectivity index (χ3n) is 7.55. The molecule has 3 aromatic rings. The van der Waals surface area contributed by atoms with Crippen LogP contribution in [-0.2, 0) is 32.0 Å². The van der Waals surface area contributed by atoms with Gasteiger partial charge in [0.15, 0.2) is 0 Å². The number of carbonyl (C=O) groups excluding carboxylic acids is 4. The number of nitrogens with one attached hydrogen (secondary N) is 1. The molecule has 0 spiro atoms. The molecule has 2 atom stereocenters. The Balaban J connectivity index is 1.66. The number of amides is 3. The normalized spacial score (nSPS) is 15.7. The largest absolute Gasteiger partial charge is 0.496 e. The van der Waals surface area contributed by atoms with Crippen molar-refractivity contribution in [1.82, 2.24) is 10.2 Å². The highest BCUT2D eigenvalue weighted by molar-refractivity contribution is 6.02. The van der Waals surface area contributed by atoms with Gasteiger partial charge < -0.3 is 24.4 Å². The minimum absolute atomic E-state index is 0.160. The number of esters is 1. The van der Waals surface area contributed by atoms with Crippen molar-refractivity contribution in [3.8, 4) is 5.75 Å². The summed E-state index contributed by atoms with van der Waals surface area (Å²) >= 11 is 0. The van der Waals surface area contributed by atoms with Gasteiger partial charge >= 0.3 is 12.1 Å². The summed E-state index contributed by atoms with van der Waals surface area (Å²) in [4.78, 5) is 55.1. The lowest BCUT2D eigenvalue weighted by molar-refractivity contribution is -0.130. The van der Waals surface area contributed by atoms with Crippen LogP contribution in [0.25, 0.3) is 10.8 Å². The van der Waals surface area contributed by atoms with Gasteiger partial charge in [-0.05, 0) is 81.1 Å². The molecule has 0 aliphatic carbocycles. The number of fused-ring (bicyclic) bond motifs is 2. The predicted octanol–water partition coefficient (Wildman–Crippen LogP) is 4.85. The Morgan fingerprint density at radius 3 is 2.47 bits per heavy atom. The molecule has 1 heterocycles. The van der Waals surface area contributed by atoms with E-state index in [1.165, 1.54) is 19.1 Å². The van der Waals surface area contributed by atoms with Gasteiger partial charge in [-0.1, -0.05) is 30.3 Å². The highest BCUT2D eigenvalue weighted by Gasteiger charge is 2.35. The second kappa shape index (κ2) is 12.7. The number of hydrogen-bond acceptors (Lipinski definition) is 7. The van der Waals surface area contributed by atoms with Crippen LogP contribution >= 0.6 is 0 Å². The average molecular weight is 590 g/mol. The molecule has 4 rings (SSSR count). The zero-order valence-corrected chi connectivity index (χ0v) is 25.7. The third-order valence-corrected chi connectivity index (χ3v) is 7.55. The number of ether oxygens (including phenoxy) is 3. The van der Waals surface area contributed by atoms with Gasteiger partial charge in [0.05, 0.1) is 26.3 Å². The van der Waals surface area contributed by atoms with Crippen LogP contribution in [0.3, 0.4) is 0 Å². The Bertz CT molecular complexity index is 1550. The molecular formula is C33H39N3O7. The standard InChI is InChI=1S/C33H39N3O7/c1-20(35(5)32(40)43-33(2,3)4)29(37)34-26-16-13-21-10-8-9-11-27(21)36(30(26)38)19-25-24-15-12-23(31(39)42-7)18-22(24)14-17-28(25)41-6/h8-12,14-15,17-18,20,26H,13,16,19H2,1-7H3,(H,34,37). The van der Waals surface area contributed by atoms with Gasteiger partial charge in [-0.2, -0.15) is 0 Å². The maximum atomic E-state index is 14.2. The van der Waals surface area contributed by atoms with E-state index in [-0.39, 0.29) is 12.5 Å². The monoisotopic (exact) mass is 589 g/mol. The lowest BCUT2D eigenvalue weighted by atomic mass is 10.00. The number of benzene rings is 3. The van der Waals surface area contributed by atoms with Crippen LogP contribution in [-0.4, -0.2) is 67.7 Å². The summed E-state index contributed by atoms with van der Waals surface area (Å²) in [5.41, 5.74) is 2.17. The van der Waals surface area contributed by atoms with Crippen LogP contribution in [0, 0.1) is 0 Å². The van der Waals surface area contributed by atoms with Crippen molar-refractivity contribution in [3.63, 3.8) is 0 Å². The van der Waals surface area contributed by atoms with Crippen molar-refractivity contribution in [2.75, 3.05) is 26.2 Å². The summed E-state index contributed by atoms with van der Waals surface area (Å²) in [6.07, 6.45) is 0.320. The smallest absolute Gasteiger partial charge is 0.410 e. The molecule has 3 aromatic carbocycles. The minimum atomic E-state index is -0.871. The van der Waals surface area contributed by atoms with Crippen molar-refractivity contribution in [2.45, 2.75) is 64.8 Å². The maximum Gasteiger partial charge on any atom is 0.410 e. The van der Waals surface area contributed by atoms with E-state index >= 15 is 0 Å². The molecule has 0 saturated heterocycles. The van der Waals surface area contributed by atoms with Crippen LogP contribution in [0.2, 0.25) is 0 Å². The van der Waals surface area contributed by atoms with E-state index in [0.717, 1.165) is 27.6 Å². The summed E-state index contributed by atoms with van der Waals surface area (Å²) in [6, 6.07) is 14.9. The maximum absolute atomic E-state index is 14.2. The highest BCUT2D eigenvalue weighted by atomic mass is 16.6. The molecule has 1 N–H and O–H groups in total. The Kier molecular flexibility index (Phi) is 9.27. The predicted molar refractivity (Wildman–Crippen MR) is 163 cm³/mol. The number of methoxy groups -OCH3 is 2. The van der Waals surface area contributed by atoms with Gasteiger partial charge in [-0.25, -0.2) is 9.59 Å². The van der Waals surface area contributed by atoms with Crippen LogP contribution in [0.15, 0.2) is 54.6 Å². The van der Waals surface area contributed by atoms with Crippen LogP contribution in [0.4, 0.5) is 10.5 Å². The first-order valence-corrected chi connectivity index (χ1v) is 14.2. The van der Waals surface area contributed by atoms with E-state index in [1.54, 1.807) is 57.9 Å². The lowest BCUT2D eigenvalue weighted by Gasteiger charge is -2.30. The van der Waals surface area contributed by atoms with E-state index < -0.39 is 35.7 Å². The Labute approximate surface area is 251 Å². The van der Waals surface area contributed by atoms with Crippen molar-refractivity contribution in [3.05, 3.63) is 71.3 Å². The molecule has 1 aliphatic rings. The van der Waals surface area contributed by atoms with Crippen molar-refractivity contribution >= 4 is 40.3 Å². The molecule has 0 fully saturated rings. The zero-order chi connectivity index (χ0) is 31.5. The molecule has 10 heteroatoms. The molecule has 228 valence electrons. The first-order valence-electron chi connectivity index (χ1n) is 14.2. The molecule has 1 aliphatic heterocycles. The highest BCUT2D eigenvalue weighted by Crippen LogP contribution is 2.34. The summed E-state index contributed by atoms with van der Waals surface area (Å²) in [5.74, 6) is -0.603. The lowest BCUT2D eigenvalue weighted by Crippen LogP contribution is -2.54. The van der Waals surface area contributed by atoms with Gasteiger partial charge in [-0.3, -0.25) is 14.5 Å². The van der Waals surface area contributed by atoms with Crippen LogP contribution < -0.4 is 15.0 Å². The van der Waals surface area contributed by atoms with Gasteiger partial charge in [0.1, 0.15) is 23.4 Å². The first-order chi connectivity index (χ1) is 20.3. The van der Waals surface area contributed by atoms with Gasteiger partial charge in [0, 0.05) is 18.3 Å². The van der Waals surface area contributed by atoms with E-state index in [0.29, 0.717) is 24.2 Å². The SMILES string of the molecule is COC(=O)c1ccc2c(CN3C(=O)C(NC(=O)C(C)N(C)C(=O)OC(C)(C)C)CCc4ccccc43)c(OC)ccc2c1. The number of para-hydroxylation sites is 1. The molecule has 2 unspecified atom stereocenters. The van der Waals surface area contributed by atoms with Crippen molar-refractivity contribution < 1.29 is 33.4 Å². The number of likely N-dealkylation sites (N-methyl/N-ethyl adjacent to an activating group) is 1. The number of carbonyl (C=O) groups is 4. The second-order valence-electron chi connectivity index (χ2n) is 11.6. The Morgan fingerprint density at radius 1 is 1.07 bits per heavy atom. The Hall–Kier alpha value is -4.60. The average Bonchev–Trinajstić information content (AvgIpc) is 3.11. The molecule has 43 heavy (non-hydrogen) atoms. The van der Waals surface area contributed by atoms with Crippen molar-refractivity contribution in [1.29, 1.82) is 0 Å². The Morgan fingerprint density at radius 2 is 1.79 bits per heavy atom. The zero-order valence-electron chi connectivity index (χ0n) is 25.7. The molecule has 0 radical (unpaired) electrons. The van der Waals surface area contributed by atoms with Gasteiger partial charge in [0.25, 0.3) is 0 Å².